The minimum atomic E-state index is -0.171. The van der Waals surface area contributed by atoms with Gasteiger partial charge in [-0.25, -0.2) is 0 Å². The molecule has 0 unspecified atom stereocenters. The lowest BCUT2D eigenvalue weighted by molar-refractivity contribution is 0.0887. The third-order valence-corrected chi connectivity index (χ3v) is 5.67. The lowest BCUT2D eigenvalue weighted by Crippen LogP contribution is -2.40. The third kappa shape index (κ3) is 4.92. The predicted molar refractivity (Wildman–Crippen MR) is 113 cm³/mol. The zero-order chi connectivity index (χ0) is 21.0. The largest absolute Gasteiger partial charge is 0.490 e. The maximum Gasteiger partial charge on any atom is 0.272 e. The van der Waals surface area contributed by atoms with Crippen molar-refractivity contribution in [2.24, 2.45) is 0 Å². The van der Waals surface area contributed by atoms with Crippen LogP contribution in [0, 0.1) is 25.2 Å². The molecule has 0 saturated heterocycles. The molecule has 1 fully saturated rings. The van der Waals surface area contributed by atoms with Gasteiger partial charge in [-0.2, -0.15) is 10.4 Å². The first kappa shape index (κ1) is 20.8. The molecule has 2 aromatic rings. The molecule has 6 nitrogen and oxygen atoms in total. The normalized spacial score (nSPS) is 18.9. The van der Waals surface area contributed by atoms with Crippen LogP contribution in [0.4, 0.5) is 0 Å². The molecule has 1 amide bonds. The molecule has 0 spiro atoms. The third-order valence-electron chi connectivity index (χ3n) is 5.67. The van der Waals surface area contributed by atoms with Crippen LogP contribution in [0.25, 0.3) is 0 Å². The van der Waals surface area contributed by atoms with Gasteiger partial charge in [0.1, 0.15) is 5.75 Å². The summed E-state index contributed by atoms with van der Waals surface area (Å²) in [4.78, 5) is 12.4. The molecule has 1 aromatic carbocycles. The van der Waals surface area contributed by atoms with E-state index in [4.69, 9.17) is 10.00 Å². The number of aromatic nitrogens is 2. The topological polar surface area (TPSA) is 87.9 Å². The van der Waals surface area contributed by atoms with Crippen molar-refractivity contribution in [1.82, 2.24) is 15.5 Å². The molecule has 1 aliphatic rings. The predicted octanol–water partition coefficient (Wildman–Crippen LogP) is 4.45. The molecule has 0 bridgehead atoms. The van der Waals surface area contributed by atoms with Crippen molar-refractivity contribution in [3.63, 3.8) is 0 Å². The molecule has 0 radical (unpaired) electrons. The molecule has 0 atom stereocenters. The van der Waals surface area contributed by atoms with Crippen LogP contribution in [0.2, 0.25) is 0 Å². The molecular weight excluding hydrogens is 364 g/mol. The number of ether oxygens (including phenoxy) is 1. The minimum Gasteiger partial charge on any atom is -0.490 e. The van der Waals surface area contributed by atoms with Crippen LogP contribution >= 0.6 is 0 Å². The van der Waals surface area contributed by atoms with Gasteiger partial charge in [0.05, 0.1) is 23.4 Å². The Morgan fingerprint density at radius 2 is 1.86 bits per heavy atom. The van der Waals surface area contributed by atoms with Gasteiger partial charge in [-0.1, -0.05) is 13.8 Å². The van der Waals surface area contributed by atoms with Crippen LogP contribution in [-0.2, 0) is 0 Å². The molecule has 1 heterocycles. The first-order chi connectivity index (χ1) is 13.9. The van der Waals surface area contributed by atoms with Crippen LogP contribution < -0.4 is 10.1 Å². The molecule has 0 aliphatic heterocycles. The van der Waals surface area contributed by atoms with E-state index in [1.165, 1.54) is 0 Å². The van der Waals surface area contributed by atoms with Crippen molar-refractivity contribution in [2.75, 3.05) is 0 Å². The summed E-state index contributed by atoms with van der Waals surface area (Å²) in [6.07, 6.45) is 3.60. The molecule has 1 aromatic heterocycles. The number of hydrogen-bond acceptors (Lipinski definition) is 5. The molecule has 154 valence electrons. The van der Waals surface area contributed by atoms with Crippen LogP contribution in [0.1, 0.15) is 79.7 Å². The lowest BCUT2D eigenvalue weighted by Gasteiger charge is -2.30. The highest BCUT2D eigenvalue weighted by Crippen LogP contribution is 2.29. The first-order valence-corrected chi connectivity index (χ1v) is 10.2. The Hall–Kier alpha value is -2.94. The van der Waals surface area contributed by atoms with Crippen LogP contribution in [-0.4, -0.2) is 28.3 Å². The van der Waals surface area contributed by atoms with Crippen LogP contribution in [0.5, 0.6) is 5.75 Å². The van der Waals surface area contributed by atoms with E-state index in [0.717, 1.165) is 48.3 Å². The van der Waals surface area contributed by atoms with Gasteiger partial charge >= 0.3 is 0 Å². The van der Waals surface area contributed by atoms with Gasteiger partial charge in [0.2, 0.25) is 0 Å². The van der Waals surface area contributed by atoms with Gasteiger partial charge in [-0.15, -0.1) is 5.10 Å². The second kappa shape index (κ2) is 9.04. The van der Waals surface area contributed by atoms with E-state index in [0.29, 0.717) is 17.2 Å². The maximum atomic E-state index is 12.4. The Bertz CT molecular complexity index is 914. The monoisotopic (exact) mass is 394 g/mol. The van der Waals surface area contributed by atoms with E-state index < -0.39 is 0 Å². The van der Waals surface area contributed by atoms with Crippen LogP contribution in [0.15, 0.2) is 24.3 Å². The fraction of sp³-hybridized carbons (Fsp3) is 0.478. The highest BCUT2D eigenvalue weighted by molar-refractivity contribution is 5.92. The van der Waals surface area contributed by atoms with Gasteiger partial charge in [0.25, 0.3) is 5.91 Å². The molecule has 1 aliphatic carbocycles. The summed E-state index contributed by atoms with van der Waals surface area (Å²) in [7, 11) is 0. The van der Waals surface area contributed by atoms with Gasteiger partial charge in [0, 0.05) is 7.47 Å². The smallest absolute Gasteiger partial charge is 0.272 e. The van der Waals surface area contributed by atoms with E-state index in [-0.39, 0.29) is 19.5 Å². The Labute approximate surface area is 173 Å². The van der Waals surface area contributed by atoms with Gasteiger partial charge in [0.15, 0.2) is 5.69 Å². The minimum absolute atomic E-state index is 0. The van der Waals surface area contributed by atoms with Crippen molar-refractivity contribution in [2.45, 2.75) is 71.4 Å². The number of amides is 1. The number of nitriles is 1. The highest BCUT2D eigenvalue weighted by atomic mass is 16.5. The van der Waals surface area contributed by atoms with Crippen molar-refractivity contribution < 1.29 is 11.0 Å². The average Bonchev–Trinajstić information content (AvgIpc) is 2.73. The number of benzene rings is 1. The van der Waals surface area contributed by atoms with Gasteiger partial charge < -0.3 is 10.1 Å². The molecule has 29 heavy (non-hydrogen) atoms. The Morgan fingerprint density at radius 3 is 2.45 bits per heavy atom. The van der Waals surface area contributed by atoms with E-state index in [9.17, 15) is 4.79 Å². The number of carbonyl (C=O) groups excluding carboxylic acids is 1. The fourth-order valence-electron chi connectivity index (χ4n) is 3.58. The number of nitrogens with one attached hydrogen (secondary N) is 1. The number of hydrogen-bond donors (Lipinski definition) is 1. The maximum absolute atomic E-state index is 12.4. The summed E-state index contributed by atoms with van der Waals surface area (Å²) in [5.74, 6) is 0.962. The van der Waals surface area contributed by atoms with Crippen LogP contribution in [0.3, 0.4) is 0 Å². The first-order valence-electron chi connectivity index (χ1n) is 10.2. The summed E-state index contributed by atoms with van der Waals surface area (Å²) < 4.78 is 6.20. The number of rotatable bonds is 5. The van der Waals surface area contributed by atoms with E-state index in [1.54, 1.807) is 6.07 Å². The van der Waals surface area contributed by atoms with Crippen molar-refractivity contribution in [3.05, 3.63) is 52.3 Å². The van der Waals surface area contributed by atoms with Gasteiger partial charge in [-0.05, 0) is 80.8 Å². The van der Waals surface area contributed by atoms with Crippen molar-refractivity contribution in [1.29, 1.82) is 5.26 Å². The molecule has 1 saturated carbocycles. The summed E-state index contributed by atoms with van der Waals surface area (Å²) in [6, 6.07) is 9.63. The number of nitrogens with zero attached hydrogens (tertiary/aromatic N) is 3. The van der Waals surface area contributed by atoms with E-state index in [2.05, 4.69) is 21.6 Å². The second-order valence-corrected chi connectivity index (χ2v) is 8.04. The zero-order valence-electron chi connectivity index (χ0n) is 17.5. The molecule has 3 rings (SSSR count). The Morgan fingerprint density at radius 1 is 1.14 bits per heavy atom. The van der Waals surface area contributed by atoms with Crippen molar-refractivity contribution >= 4 is 5.91 Å². The average molecular weight is 395 g/mol. The molecule has 6 heteroatoms. The van der Waals surface area contributed by atoms with Gasteiger partial charge in [-0.3, -0.25) is 4.79 Å². The summed E-state index contributed by atoms with van der Waals surface area (Å²) in [5, 5.41) is 20.4. The molecule has 1 N–H and O–H groups in total. The Balaban J connectivity index is 0.00000320. The number of carbonyl (C=O) groups is 1. The quantitative estimate of drug-likeness (QED) is 0.809. The lowest BCUT2D eigenvalue weighted by atomic mass is 9.92. The Kier molecular flexibility index (Phi) is 6.48. The summed E-state index contributed by atoms with van der Waals surface area (Å²) >= 11 is 0. The van der Waals surface area contributed by atoms with E-state index >= 15 is 0 Å². The fourth-order valence-corrected chi connectivity index (χ4v) is 3.58. The zero-order valence-corrected chi connectivity index (χ0v) is 17.5. The summed E-state index contributed by atoms with van der Waals surface area (Å²) in [5.41, 5.74) is 3.91. The van der Waals surface area contributed by atoms with E-state index in [1.807, 2.05) is 45.9 Å². The molecular formula is C23H30N4O2. The van der Waals surface area contributed by atoms with Crippen molar-refractivity contribution in [3.8, 4) is 11.8 Å². The standard InChI is InChI=1S/C23H28N4O2.H2/c1-14(2)20-10-11-21(27-26-20)23(28)25-18-6-8-19(9-7-18)29-22-12-5-17(13-24)15(3)16(22)4;/h5,10-12,14,18-19H,6-9H2,1-4H3,(H,25,28);1H. The second-order valence-electron chi connectivity index (χ2n) is 8.04. The SMILES string of the molecule is Cc1c(C#N)ccc(OC2CCC(NC(=O)c3ccc(C(C)C)nn3)CC2)c1C.[HH]. The summed E-state index contributed by atoms with van der Waals surface area (Å²) in [6.45, 7) is 8.03. The highest BCUT2D eigenvalue weighted by Gasteiger charge is 2.25.